The fraction of sp³-hybridized carbons (Fsp3) is 0.333. The van der Waals surface area contributed by atoms with Crippen molar-refractivity contribution in [1.29, 1.82) is 0 Å². The van der Waals surface area contributed by atoms with Gasteiger partial charge >= 0.3 is 5.97 Å². The summed E-state index contributed by atoms with van der Waals surface area (Å²) in [5.41, 5.74) is 1.39. The third-order valence-electron chi connectivity index (χ3n) is 3.82. The maximum atomic E-state index is 12.8. The first-order valence-corrected chi connectivity index (χ1v) is 8.40. The number of carbonyl (C=O) groups excluding carboxylic acids is 2. The maximum Gasteiger partial charge on any atom is 0.326 e. The highest BCUT2D eigenvalue weighted by Crippen LogP contribution is 2.27. The molecule has 9 nitrogen and oxygen atoms in total. The van der Waals surface area contributed by atoms with Gasteiger partial charge in [0.1, 0.15) is 5.65 Å². The molecule has 0 saturated carbocycles. The highest BCUT2D eigenvalue weighted by molar-refractivity contribution is 6.27. The van der Waals surface area contributed by atoms with Crippen LogP contribution < -0.4 is 0 Å². The molecule has 1 fully saturated rings. The smallest absolute Gasteiger partial charge is 0.326 e. The number of Topliss-reactive ketones (excluding diaryl/α,β-unsaturated/α-hetero) is 1. The lowest BCUT2D eigenvalue weighted by atomic mass is 10.0. The number of aromatic nitrogens is 2. The molecule has 1 saturated heterocycles. The first-order chi connectivity index (χ1) is 13.0. The molecule has 1 unspecified atom stereocenters. The van der Waals surface area contributed by atoms with Crippen LogP contribution in [0.5, 0.6) is 0 Å². The van der Waals surface area contributed by atoms with Crippen LogP contribution in [-0.2, 0) is 19.1 Å². The summed E-state index contributed by atoms with van der Waals surface area (Å²) in [4.78, 5) is 32.3. The molecule has 9 heteroatoms. The van der Waals surface area contributed by atoms with Crippen molar-refractivity contribution in [2.75, 3.05) is 27.3 Å². The van der Waals surface area contributed by atoms with Crippen molar-refractivity contribution < 1.29 is 24.2 Å². The second-order valence-electron chi connectivity index (χ2n) is 6.08. The van der Waals surface area contributed by atoms with E-state index in [-0.39, 0.29) is 24.9 Å². The SMILES string of the molecule is CN(C)/N=C1\O/C(=C\c2c[nH]c3ncccc23)C(=O)C1C(=O)OCCCO. The first-order valence-electron chi connectivity index (χ1n) is 8.40. The van der Waals surface area contributed by atoms with Gasteiger partial charge in [-0.1, -0.05) is 0 Å². The van der Waals surface area contributed by atoms with Gasteiger partial charge in [0.2, 0.25) is 17.6 Å². The van der Waals surface area contributed by atoms with Crippen LogP contribution >= 0.6 is 0 Å². The van der Waals surface area contributed by atoms with Crippen LogP contribution in [0.25, 0.3) is 17.1 Å². The summed E-state index contributed by atoms with van der Waals surface area (Å²) in [6.45, 7) is -0.0949. The number of ether oxygens (including phenoxy) is 2. The lowest BCUT2D eigenvalue weighted by Crippen LogP contribution is -2.29. The first kappa shape index (κ1) is 18.6. The molecule has 2 aromatic heterocycles. The van der Waals surface area contributed by atoms with Crippen LogP contribution in [-0.4, -0.2) is 65.0 Å². The van der Waals surface area contributed by atoms with Crippen LogP contribution in [0.2, 0.25) is 0 Å². The number of nitrogens with one attached hydrogen (secondary N) is 1. The van der Waals surface area contributed by atoms with Crippen LogP contribution in [0.4, 0.5) is 0 Å². The van der Waals surface area contributed by atoms with Gasteiger partial charge in [-0.05, 0) is 18.2 Å². The maximum absolute atomic E-state index is 12.8. The molecule has 1 atom stereocenters. The minimum atomic E-state index is -1.26. The zero-order valence-electron chi connectivity index (χ0n) is 15.0. The van der Waals surface area contributed by atoms with Gasteiger partial charge in [0.05, 0.1) is 6.61 Å². The highest BCUT2D eigenvalue weighted by atomic mass is 16.5. The van der Waals surface area contributed by atoms with Gasteiger partial charge in [0.15, 0.2) is 5.76 Å². The molecule has 3 rings (SSSR count). The second-order valence-corrected chi connectivity index (χ2v) is 6.08. The summed E-state index contributed by atoms with van der Waals surface area (Å²) in [7, 11) is 3.31. The minimum Gasteiger partial charge on any atom is -0.465 e. The molecule has 0 radical (unpaired) electrons. The van der Waals surface area contributed by atoms with Gasteiger partial charge < -0.3 is 19.6 Å². The van der Waals surface area contributed by atoms with E-state index in [1.807, 2.05) is 6.07 Å². The number of carbonyl (C=O) groups is 2. The van der Waals surface area contributed by atoms with Crippen molar-refractivity contribution in [2.24, 2.45) is 11.0 Å². The molecule has 27 heavy (non-hydrogen) atoms. The Morgan fingerprint density at radius 1 is 1.52 bits per heavy atom. The van der Waals surface area contributed by atoms with E-state index < -0.39 is 17.7 Å². The van der Waals surface area contributed by atoms with Crippen molar-refractivity contribution in [2.45, 2.75) is 6.42 Å². The summed E-state index contributed by atoms with van der Waals surface area (Å²) in [5, 5.41) is 15.2. The summed E-state index contributed by atoms with van der Waals surface area (Å²) in [6, 6.07) is 3.65. The lowest BCUT2D eigenvalue weighted by molar-refractivity contribution is -0.148. The fourth-order valence-corrected chi connectivity index (χ4v) is 2.62. The molecule has 3 heterocycles. The van der Waals surface area contributed by atoms with E-state index in [4.69, 9.17) is 14.6 Å². The minimum absolute atomic E-state index is 0.00413. The van der Waals surface area contributed by atoms with Crippen LogP contribution in [0.1, 0.15) is 12.0 Å². The number of aliphatic hydroxyl groups is 1. The van der Waals surface area contributed by atoms with E-state index in [0.717, 1.165) is 5.39 Å². The summed E-state index contributed by atoms with van der Waals surface area (Å²) in [6.07, 6.45) is 5.21. The molecule has 2 aromatic rings. The topological polar surface area (TPSA) is 117 Å². The van der Waals surface area contributed by atoms with Crippen molar-refractivity contribution in [1.82, 2.24) is 15.0 Å². The van der Waals surface area contributed by atoms with Crippen molar-refractivity contribution in [3.8, 4) is 0 Å². The van der Waals surface area contributed by atoms with Crippen LogP contribution in [0, 0.1) is 5.92 Å². The molecular weight excluding hydrogens is 352 g/mol. The third kappa shape index (κ3) is 3.98. The van der Waals surface area contributed by atoms with E-state index in [1.165, 1.54) is 5.01 Å². The number of aromatic amines is 1. The number of nitrogens with zero attached hydrogens (tertiary/aromatic N) is 3. The number of fused-ring (bicyclic) bond motifs is 1. The Morgan fingerprint density at radius 3 is 3.07 bits per heavy atom. The Morgan fingerprint density at radius 2 is 2.33 bits per heavy atom. The molecule has 0 amide bonds. The van der Waals surface area contributed by atoms with E-state index >= 15 is 0 Å². The second kappa shape index (κ2) is 8.00. The molecule has 2 N–H and O–H groups in total. The predicted octanol–water partition coefficient (Wildman–Crippen LogP) is 0.920. The summed E-state index contributed by atoms with van der Waals surface area (Å²) < 4.78 is 10.6. The van der Waals surface area contributed by atoms with Crippen molar-refractivity contribution in [3.05, 3.63) is 35.8 Å². The molecular formula is C18H20N4O5. The quantitative estimate of drug-likeness (QED) is 0.255. The Balaban J connectivity index is 1.91. The van der Waals surface area contributed by atoms with Gasteiger partial charge in [-0.25, -0.2) is 4.98 Å². The van der Waals surface area contributed by atoms with E-state index in [1.54, 1.807) is 38.6 Å². The zero-order valence-corrected chi connectivity index (χ0v) is 15.0. The van der Waals surface area contributed by atoms with E-state index in [9.17, 15) is 9.59 Å². The number of hydrogen-bond donors (Lipinski definition) is 2. The Hall–Kier alpha value is -3.20. The van der Waals surface area contributed by atoms with Gasteiger partial charge in [0.25, 0.3) is 0 Å². The Bertz CT molecular complexity index is 915. The van der Waals surface area contributed by atoms with E-state index in [0.29, 0.717) is 17.6 Å². The number of pyridine rings is 1. The fourth-order valence-electron chi connectivity index (χ4n) is 2.62. The average molecular weight is 372 g/mol. The monoisotopic (exact) mass is 372 g/mol. The molecule has 0 aromatic carbocycles. The molecule has 0 aliphatic carbocycles. The molecule has 0 spiro atoms. The molecule has 0 bridgehead atoms. The highest BCUT2D eigenvalue weighted by Gasteiger charge is 2.45. The standard InChI is InChI=1S/C18H20N4O5/c1-22(2)21-17-14(18(25)26-8-4-7-23)15(24)13(27-17)9-11-10-20-16-12(11)5-3-6-19-16/h3,5-6,9-10,14,23H,4,7-8H2,1-2H3,(H,19,20)/b13-9-,21-17-. The van der Waals surface area contributed by atoms with Crippen molar-refractivity contribution >= 4 is 34.8 Å². The van der Waals surface area contributed by atoms with Gasteiger partial charge in [-0.15, -0.1) is 5.10 Å². The largest absolute Gasteiger partial charge is 0.465 e. The van der Waals surface area contributed by atoms with Gasteiger partial charge in [-0.2, -0.15) is 0 Å². The van der Waals surface area contributed by atoms with Gasteiger partial charge in [-0.3, -0.25) is 14.6 Å². The predicted molar refractivity (Wildman–Crippen MR) is 97.4 cm³/mol. The van der Waals surface area contributed by atoms with Crippen LogP contribution in [0.15, 0.2) is 35.4 Å². The summed E-state index contributed by atoms with van der Waals surface area (Å²) in [5.74, 6) is -2.57. The number of allylic oxidation sites excluding steroid dienone is 1. The number of aliphatic hydroxyl groups excluding tert-OH is 1. The number of H-pyrrole nitrogens is 1. The third-order valence-corrected chi connectivity index (χ3v) is 3.82. The number of hydrazone groups is 1. The van der Waals surface area contributed by atoms with Gasteiger partial charge in [0, 0.05) is 50.5 Å². The van der Waals surface area contributed by atoms with E-state index in [2.05, 4.69) is 15.1 Å². The van der Waals surface area contributed by atoms with Crippen molar-refractivity contribution in [3.63, 3.8) is 0 Å². The Kier molecular flexibility index (Phi) is 5.51. The lowest BCUT2D eigenvalue weighted by Gasteiger charge is -2.10. The number of rotatable bonds is 6. The normalized spacial score (nSPS) is 19.7. The average Bonchev–Trinajstić information content (AvgIpc) is 3.17. The number of hydrogen-bond acceptors (Lipinski definition) is 8. The molecule has 142 valence electrons. The number of ketones is 1. The molecule has 1 aliphatic heterocycles. The zero-order chi connectivity index (χ0) is 19.4. The van der Waals surface area contributed by atoms with Crippen LogP contribution in [0.3, 0.4) is 0 Å². The summed E-state index contributed by atoms with van der Waals surface area (Å²) >= 11 is 0. The number of esters is 1. The Labute approximate surface area is 155 Å². The molecule has 1 aliphatic rings.